The van der Waals surface area contributed by atoms with Gasteiger partial charge in [0.25, 0.3) is 0 Å². The Morgan fingerprint density at radius 3 is 2.64 bits per heavy atom. The fourth-order valence-corrected chi connectivity index (χ4v) is 3.29. The summed E-state index contributed by atoms with van der Waals surface area (Å²) in [6.45, 7) is 7.01. The lowest BCUT2D eigenvalue weighted by molar-refractivity contribution is 0.0205. The molecule has 3 rings (SSSR count). The summed E-state index contributed by atoms with van der Waals surface area (Å²) < 4.78 is 5.46. The van der Waals surface area contributed by atoms with Crippen LogP contribution in [0.25, 0.3) is 10.9 Å². The summed E-state index contributed by atoms with van der Waals surface area (Å²) in [6.07, 6.45) is 3.35. The SMILES string of the molecule is CC(C)(C)OC(=O)N1CCC(c2ccnc3ccc(C#N)cc23)CC1. The molecule has 0 bridgehead atoms. The highest BCUT2D eigenvalue weighted by molar-refractivity contribution is 5.84. The monoisotopic (exact) mass is 337 g/mol. The molecule has 0 aliphatic carbocycles. The molecule has 1 aromatic heterocycles. The Hall–Kier alpha value is -2.61. The summed E-state index contributed by atoms with van der Waals surface area (Å²) in [7, 11) is 0. The number of nitriles is 1. The van der Waals surface area contributed by atoms with E-state index in [0.29, 0.717) is 24.6 Å². The number of ether oxygens (including phenoxy) is 1. The normalized spacial score (nSPS) is 15.8. The van der Waals surface area contributed by atoms with Crippen LogP contribution in [0.15, 0.2) is 30.5 Å². The van der Waals surface area contributed by atoms with E-state index in [9.17, 15) is 4.79 Å². The second-order valence-electron chi connectivity index (χ2n) is 7.49. The molecule has 1 amide bonds. The molecule has 25 heavy (non-hydrogen) atoms. The Morgan fingerprint density at radius 2 is 2.00 bits per heavy atom. The van der Waals surface area contributed by atoms with E-state index in [-0.39, 0.29) is 6.09 Å². The summed E-state index contributed by atoms with van der Waals surface area (Å²) in [5.74, 6) is 0.359. The van der Waals surface area contributed by atoms with Crippen LogP contribution in [0.2, 0.25) is 0 Å². The lowest BCUT2D eigenvalue weighted by Crippen LogP contribution is -2.41. The molecule has 1 saturated heterocycles. The molecular formula is C20H23N3O2. The average Bonchev–Trinajstić information content (AvgIpc) is 2.59. The van der Waals surface area contributed by atoms with Crippen molar-refractivity contribution in [2.45, 2.75) is 45.1 Å². The van der Waals surface area contributed by atoms with Crippen LogP contribution in [0, 0.1) is 11.3 Å². The number of fused-ring (bicyclic) bond motifs is 1. The number of nitrogens with zero attached hydrogens (tertiary/aromatic N) is 3. The third kappa shape index (κ3) is 3.90. The molecule has 1 aromatic carbocycles. The maximum Gasteiger partial charge on any atom is 0.410 e. The molecule has 1 fully saturated rings. The van der Waals surface area contributed by atoms with Gasteiger partial charge < -0.3 is 9.64 Å². The molecule has 1 aliphatic rings. The Balaban J connectivity index is 1.76. The van der Waals surface area contributed by atoms with E-state index >= 15 is 0 Å². The minimum absolute atomic E-state index is 0.239. The van der Waals surface area contributed by atoms with Crippen molar-refractivity contribution in [2.75, 3.05) is 13.1 Å². The highest BCUT2D eigenvalue weighted by Gasteiger charge is 2.28. The van der Waals surface area contributed by atoms with Gasteiger partial charge in [0.05, 0.1) is 17.1 Å². The van der Waals surface area contributed by atoms with Crippen molar-refractivity contribution < 1.29 is 9.53 Å². The van der Waals surface area contributed by atoms with Crippen LogP contribution >= 0.6 is 0 Å². The van der Waals surface area contributed by atoms with E-state index in [1.807, 2.05) is 45.2 Å². The summed E-state index contributed by atoms with van der Waals surface area (Å²) in [6, 6.07) is 9.84. The minimum Gasteiger partial charge on any atom is -0.444 e. The first kappa shape index (κ1) is 17.2. The summed E-state index contributed by atoms with van der Waals surface area (Å²) in [4.78, 5) is 18.4. The maximum absolute atomic E-state index is 12.2. The van der Waals surface area contributed by atoms with Gasteiger partial charge in [0.15, 0.2) is 0 Å². The summed E-state index contributed by atoms with van der Waals surface area (Å²) in [5.41, 5.74) is 2.30. The number of pyridine rings is 1. The Kier molecular flexibility index (Phi) is 4.63. The summed E-state index contributed by atoms with van der Waals surface area (Å²) in [5, 5.41) is 10.2. The highest BCUT2D eigenvalue weighted by atomic mass is 16.6. The Labute approximate surface area is 148 Å². The first-order valence-electron chi connectivity index (χ1n) is 8.64. The fourth-order valence-electron chi connectivity index (χ4n) is 3.29. The van der Waals surface area contributed by atoms with Crippen LogP contribution < -0.4 is 0 Å². The van der Waals surface area contributed by atoms with Gasteiger partial charge >= 0.3 is 6.09 Å². The number of likely N-dealkylation sites (tertiary alicyclic amines) is 1. The number of amides is 1. The predicted molar refractivity (Wildman–Crippen MR) is 96.2 cm³/mol. The molecule has 0 atom stereocenters. The van der Waals surface area contributed by atoms with Crippen LogP contribution in [-0.4, -0.2) is 34.7 Å². The van der Waals surface area contributed by atoms with Gasteiger partial charge in [-0.25, -0.2) is 4.79 Å². The van der Waals surface area contributed by atoms with Gasteiger partial charge in [-0.05, 0) is 69.4 Å². The number of carbonyl (C=O) groups is 1. The number of rotatable bonds is 1. The molecule has 0 N–H and O–H groups in total. The zero-order chi connectivity index (χ0) is 18.0. The van der Waals surface area contributed by atoms with Crippen molar-refractivity contribution in [1.29, 1.82) is 5.26 Å². The topological polar surface area (TPSA) is 66.2 Å². The molecule has 0 unspecified atom stereocenters. The van der Waals surface area contributed by atoms with E-state index in [0.717, 1.165) is 23.7 Å². The van der Waals surface area contributed by atoms with Gasteiger partial charge in [-0.3, -0.25) is 4.98 Å². The van der Waals surface area contributed by atoms with Crippen LogP contribution in [-0.2, 0) is 4.74 Å². The third-order valence-corrected chi connectivity index (χ3v) is 4.49. The number of benzene rings is 1. The van der Waals surface area contributed by atoms with Crippen LogP contribution in [0.4, 0.5) is 4.79 Å². The number of carbonyl (C=O) groups excluding carboxylic acids is 1. The molecular weight excluding hydrogens is 314 g/mol. The van der Waals surface area contributed by atoms with Gasteiger partial charge in [-0.2, -0.15) is 5.26 Å². The van der Waals surface area contributed by atoms with E-state index in [4.69, 9.17) is 10.00 Å². The van der Waals surface area contributed by atoms with Gasteiger partial charge in [0.2, 0.25) is 0 Å². The number of hydrogen-bond donors (Lipinski definition) is 0. The molecule has 1 aliphatic heterocycles. The fraction of sp³-hybridized carbons (Fsp3) is 0.450. The van der Waals surface area contributed by atoms with Crippen molar-refractivity contribution in [3.63, 3.8) is 0 Å². The zero-order valence-corrected chi connectivity index (χ0v) is 15.0. The Bertz CT molecular complexity index is 825. The van der Waals surface area contributed by atoms with Crippen molar-refractivity contribution in [3.8, 4) is 6.07 Å². The van der Waals surface area contributed by atoms with Crippen molar-refractivity contribution in [2.24, 2.45) is 0 Å². The minimum atomic E-state index is -0.469. The summed E-state index contributed by atoms with van der Waals surface area (Å²) >= 11 is 0. The van der Waals surface area contributed by atoms with Crippen LogP contribution in [0.3, 0.4) is 0 Å². The predicted octanol–water partition coefficient (Wildman–Crippen LogP) is 4.22. The number of hydrogen-bond acceptors (Lipinski definition) is 4. The lowest BCUT2D eigenvalue weighted by atomic mass is 9.87. The first-order chi connectivity index (χ1) is 11.9. The van der Waals surface area contributed by atoms with Crippen molar-refractivity contribution in [3.05, 3.63) is 41.6 Å². The van der Waals surface area contributed by atoms with Crippen molar-refractivity contribution >= 4 is 17.0 Å². The standard InChI is InChI=1S/C20H23N3O2/c1-20(2,3)25-19(24)23-10-7-15(8-11-23)16-6-9-22-18-5-4-14(13-21)12-17(16)18/h4-6,9,12,15H,7-8,10-11H2,1-3H3. The lowest BCUT2D eigenvalue weighted by Gasteiger charge is -2.34. The van der Waals surface area contributed by atoms with Crippen molar-refractivity contribution in [1.82, 2.24) is 9.88 Å². The van der Waals surface area contributed by atoms with E-state index in [1.54, 1.807) is 11.0 Å². The molecule has 2 heterocycles. The quantitative estimate of drug-likeness (QED) is 0.781. The molecule has 0 radical (unpaired) electrons. The molecule has 0 spiro atoms. The highest BCUT2D eigenvalue weighted by Crippen LogP contribution is 2.33. The second-order valence-corrected chi connectivity index (χ2v) is 7.49. The average molecular weight is 337 g/mol. The Morgan fingerprint density at radius 1 is 1.28 bits per heavy atom. The molecule has 2 aromatic rings. The zero-order valence-electron chi connectivity index (χ0n) is 15.0. The molecule has 130 valence electrons. The molecule has 5 nitrogen and oxygen atoms in total. The van der Waals surface area contributed by atoms with Crippen LogP contribution in [0.1, 0.15) is 50.7 Å². The molecule has 0 saturated carbocycles. The second kappa shape index (κ2) is 6.72. The first-order valence-corrected chi connectivity index (χ1v) is 8.64. The van der Waals surface area contributed by atoms with Crippen LogP contribution in [0.5, 0.6) is 0 Å². The van der Waals surface area contributed by atoms with Gasteiger partial charge in [0, 0.05) is 24.7 Å². The third-order valence-electron chi connectivity index (χ3n) is 4.49. The van der Waals surface area contributed by atoms with Gasteiger partial charge in [0.1, 0.15) is 5.60 Å². The number of aromatic nitrogens is 1. The van der Waals surface area contributed by atoms with Gasteiger partial charge in [-0.15, -0.1) is 0 Å². The van der Waals surface area contributed by atoms with E-state index < -0.39 is 5.60 Å². The molecule has 5 heteroatoms. The van der Waals surface area contributed by atoms with Gasteiger partial charge in [-0.1, -0.05) is 0 Å². The number of piperidine rings is 1. The smallest absolute Gasteiger partial charge is 0.410 e. The largest absolute Gasteiger partial charge is 0.444 e. The van der Waals surface area contributed by atoms with E-state index in [1.165, 1.54) is 5.56 Å². The maximum atomic E-state index is 12.2. The van der Waals surface area contributed by atoms with E-state index in [2.05, 4.69) is 11.1 Å².